The van der Waals surface area contributed by atoms with Gasteiger partial charge in [0.15, 0.2) is 0 Å². The maximum atomic E-state index is 12.4. The molecule has 17 heavy (non-hydrogen) atoms. The van der Waals surface area contributed by atoms with E-state index in [1.54, 1.807) is 0 Å². The van der Waals surface area contributed by atoms with Gasteiger partial charge in [0.25, 0.3) is 0 Å². The Balaban J connectivity index is 1.61. The molecule has 2 saturated carbocycles. The second kappa shape index (κ2) is 4.27. The normalized spacial score (nSPS) is 35.2. The fourth-order valence-electron chi connectivity index (χ4n) is 3.93. The SMILES string of the molecule is NC1(CC(=O)N2CCC3CCCCC32)CCC1. The van der Waals surface area contributed by atoms with Gasteiger partial charge >= 0.3 is 0 Å². The summed E-state index contributed by atoms with van der Waals surface area (Å²) < 4.78 is 0. The maximum Gasteiger partial charge on any atom is 0.224 e. The van der Waals surface area contributed by atoms with Gasteiger partial charge in [-0.15, -0.1) is 0 Å². The Labute approximate surface area is 104 Å². The summed E-state index contributed by atoms with van der Waals surface area (Å²) >= 11 is 0. The van der Waals surface area contributed by atoms with E-state index in [9.17, 15) is 4.79 Å². The Bertz CT molecular complexity index is 311. The highest BCUT2D eigenvalue weighted by Crippen LogP contribution is 2.38. The number of nitrogens with zero attached hydrogens (tertiary/aromatic N) is 1. The summed E-state index contributed by atoms with van der Waals surface area (Å²) in [6, 6.07) is 0.555. The lowest BCUT2D eigenvalue weighted by Gasteiger charge is -2.40. The predicted octanol–water partition coefficient (Wildman–Crippen LogP) is 2.05. The van der Waals surface area contributed by atoms with E-state index in [0.29, 0.717) is 18.4 Å². The van der Waals surface area contributed by atoms with Crippen molar-refractivity contribution in [2.24, 2.45) is 11.7 Å². The summed E-state index contributed by atoms with van der Waals surface area (Å²) in [7, 11) is 0. The molecule has 1 saturated heterocycles. The third kappa shape index (κ3) is 2.10. The highest BCUT2D eigenvalue weighted by Gasteiger charge is 2.41. The van der Waals surface area contributed by atoms with Crippen LogP contribution in [0.3, 0.4) is 0 Å². The van der Waals surface area contributed by atoms with Gasteiger partial charge in [-0.3, -0.25) is 4.79 Å². The fourth-order valence-corrected chi connectivity index (χ4v) is 3.93. The standard InChI is InChI=1S/C14H24N2O/c15-14(7-3-8-14)10-13(17)16-9-6-11-4-1-2-5-12(11)16/h11-12H,1-10,15H2. The quantitative estimate of drug-likeness (QED) is 0.797. The van der Waals surface area contributed by atoms with Crippen LogP contribution in [-0.2, 0) is 4.79 Å². The van der Waals surface area contributed by atoms with Crippen molar-refractivity contribution in [3.05, 3.63) is 0 Å². The summed E-state index contributed by atoms with van der Waals surface area (Å²) in [6.07, 6.45) is 10.3. The van der Waals surface area contributed by atoms with Crippen LogP contribution in [0, 0.1) is 5.92 Å². The van der Waals surface area contributed by atoms with Crippen LogP contribution in [-0.4, -0.2) is 28.9 Å². The van der Waals surface area contributed by atoms with Gasteiger partial charge in [0, 0.05) is 24.5 Å². The van der Waals surface area contributed by atoms with E-state index in [2.05, 4.69) is 4.90 Å². The summed E-state index contributed by atoms with van der Waals surface area (Å²) in [6.45, 7) is 0.990. The molecule has 0 bridgehead atoms. The third-order valence-corrected chi connectivity index (χ3v) is 5.18. The lowest BCUT2D eigenvalue weighted by molar-refractivity contribution is -0.134. The molecule has 1 amide bonds. The number of amides is 1. The summed E-state index contributed by atoms with van der Waals surface area (Å²) in [5.74, 6) is 1.13. The van der Waals surface area contributed by atoms with Crippen LogP contribution in [0.2, 0.25) is 0 Å². The Hall–Kier alpha value is -0.570. The summed E-state index contributed by atoms with van der Waals surface area (Å²) in [5.41, 5.74) is 6.04. The molecular weight excluding hydrogens is 212 g/mol. The van der Waals surface area contributed by atoms with E-state index in [4.69, 9.17) is 5.73 Å². The van der Waals surface area contributed by atoms with E-state index in [0.717, 1.165) is 25.3 Å². The molecule has 2 aliphatic carbocycles. The number of hydrogen-bond donors (Lipinski definition) is 1. The van der Waals surface area contributed by atoms with Crippen LogP contribution in [0.4, 0.5) is 0 Å². The molecule has 3 fully saturated rings. The number of fused-ring (bicyclic) bond motifs is 1. The summed E-state index contributed by atoms with van der Waals surface area (Å²) in [5, 5.41) is 0. The van der Waals surface area contributed by atoms with Gasteiger partial charge in [0.05, 0.1) is 0 Å². The molecule has 2 N–H and O–H groups in total. The minimum Gasteiger partial charge on any atom is -0.339 e. The zero-order chi connectivity index (χ0) is 11.9. The second-order valence-corrected chi connectivity index (χ2v) is 6.38. The molecule has 3 aliphatic rings. The minimum absolute atomic E-state index is 0.149. The fraction of sp³-hybridized carbons (Fsp3) is 0.929. The van der Waals surface area contributed by atoms with Crippen molar-refractivity contribution in [2.75, 3.05) is 6.54 Å². The Kier molecular flexibility index (Phi) is 2.89. The molecular formula is C14H24N2O. The predicted molar refractivity (Wildman–Crippen MR) is 67.5 cm³/mol. The van der Waals surface area contributed by atoms with E-state index < -0.39 is 0 Å². The van der Waals surface area contributed by atoms with E-state index in [1.807, 2.05) is 0 Å². The molecule has 2 unspecified atom stereocenters. The number of rotatable bonds is 2. The Morgan fingerprint density at radius 2 is 1.94 bits per heavy atom. The average molecular weight is 236 g/mol. The van der Waals surface area contributed by atoms with E-state index in [-0.39, 0.29) is 5.54 Å². The first-order valence-corrected chi connectivity index (χ1v) is 7.26. The van der Waals surface area contributed by atoms with Crippen molar-refractivity contribution in [1.29, 1.82) is 0 Å². The molecule has 0 radical (unpaired) electrons. The van der Waals surface area contributed by atoms with Gasteiger partial charge in [-0.2, -0.15) is 0 Å². The number of carbonyl (C=O) groups is 1. The molecule has 96 valence electrons. The molecule has 0 aromatic heterocycles. The number of likely N-dealkylation sites (tertiary alicyclic amines) is 1. The highest BCUT2D eigenvalue weighted by atomic mass is 16.2. The van der Waals surface area contributed by atoms with Crippen molar-refractivity contribution < 1.29 is 4.79 Å². The molecule has 2 atom stereocenters. The van der Waals surface area contributed by atoms with Gasteiger partial charge in [-0.1, -0.05) is 12.8 Å². The van der Waals surface area contributed by atoms with Crippen molar-refractivity contribution in [3.63, 3.8) is 0 Å². The second-order valence-electron chi connectivity index (χ2n) is 6.38. The van der Waals surface area contributed by atoms with Crippen LogP contribution in [0.5, 0.6) is 0 Å². The van der Waals surface area contributed by atoms with Gasteiger partial charge in [0.2, 0.25) is 5.91 Å². The molecule has 1 heterocycles. The summed E-state index contributed by atoms with van der Waals surface area (Å²) in [4.78, 5) is 14.5. The smallest absolute Gasteiger partial charge is 0.224 e. The Morgan fingerprint density at radius 3 is 2.65 bits per heavy atom. The first kappa shape index (κ1) is 11.5. The van der Waals surface area contributed by atoms with Crippen LogP contribution < -0.4 is 5.73 Å². The van der Waals surface area contributed by atoms with Crippen molar-refractivity contribution in [2.45, 2.75) is 69.4 Å². The van der Waals surface area contributed by atoms with Crippen molar-refractivity contribution >= 4 is 5.91 Å². The minimum atomic E-state index is -0.149. The molecule has 1 aliphatic heterocycles. The van der Waals surface area contributed by atoms with Gasteiger partial charge in [-0.05, 0) is 44.4 Å². The van der Waals surface area contributed by atoms with Gasteiger partial charge in [0.1, 0.15) is 0 Å². The van der Waals surface area contributed by atoms with Gasteiger partial charge in [-0.25, -0.2) is 0 Å². The molecule has 0 spiro atoms. The number of hydrogen-bond acceptors (Lipinski definition) is 2. The first-order chi connectivity index (χ1) is 8.18. The van der Waals surface area contributed by atoms with Crippen LogP contribution in [0.15, 0.2) is 0 Å². The topological polar surface area (TPSA) is 46.3 Å². The van der Waals surface area contributed by atoms with E-state index >= 15 is 0 Å². The third-order valence-electron chi connectivity index (χ3n) is 5.18. The van der Waals surface area contributed by atoms with Gasteiger partial charge < -0.3 is 10.6 Å². The molecule has 0 aromatic carbocycles. The average Bonchev–Trinajstić information content (AvgIpc) is 2.70. The first-order valence-electron chi connectivity index (χ1n) is 7.26. The highest BCUT2D eigenvalue weighted by molar-refractivity contribution is 5.78. The lowest BCUT2D eigenvalue weighted by Crippen LogP contribution is -2.51. The zero-order valence-corrected chi connectivity index (χ0v) is 10.7. The van der Waals surface area contributed by atoms with Crippen molar-refractivity contribution in [3.8, 4) is 0 Å². The van der Waals surface area contributed by atoms with Crippen LogP contribution in [0.1, 0.15) is 57.8 Å². The van der Waals surface area contributed by atoms with Crippen LogP contribution >= 0.6 is 0 Å². The Morgan fingerprint density at radius 1 is 1.18 bits per heavy atom. The van der Waals surface area contributed by atoms with E-state index in [1.165, 1.54) is 38.5 Å². The monoisotopic (exact) mass is 236 g/mol. The van der Waals surface area contributed by atoms with Crippen molar-refractivity contribution in [1.82, 2.24) is 4.90 Å². The largest absolute Gasteiger partial charge is 0.339 e. The number of carbonyl (C=O) groups excluding carboxylic acids is 1. The zero-order valence-electron chi connectivity index (χ0n) is 10.7. The van der Waals surface area contributed by atoms with Crippen LogP contribution in [0.25, 0.3) is 0 Å². The molecule has 3 heteroatoms. The lowest BCUT2D eigenvalue weighted by atomic mass is 9.75. The number of nitrogens with two attached hydrogens (primary N) is 1. The molecule has 3 nitrogen and oxygen atoms in total. The molecule has 0 aromatic rings. The molecule has 3 rings (SSSR count). The maximum absolute atomic E-state index is 12.4.